The Hall–Kier alpha value is -9.97. The van der Waals surface area contributed by atoms with Gasteiger partial charge in [-0.25, -0.2) is 4.79 Å². The molecule has 0 spiro atoms. The summed E-state index contributed by atoms with van der Waals surface area (Å²) in [6.07, 6.45) is -4.69. The Kier molecular flexibility index (Phi) is 43.3. The number of nitrogens with zero attached hydrogens (tertiary/aromatic N) is 5. The maximum absolute atomic E-state index is 15.5. The van der Waals surface area contributed by atoms with E-state index in [0.29, 0.717) is 26.8 Å². The number of ketones is 7. The molecule has 2 aliphatic rings. The zero-order valence-corrected chi connectivity index (χ0v) is 71.8. The van der Waals surface area contributed by atoms with E-state index >= 15 is 19.2 Å². The van der Waals surface area contributed by atoms with Crippen molar-refractivity contribution >= 4 is 150 Å². The van der Waals surface area contributed by atoms with Crippen molar-refractivity contribution in [2.75, 3.05) is 31.1 Å². The Labute approximate surface area is 716 Å². The number of carbonyl (C=O) groups excluding carboxylic acids is 15. The number of nitrogens with two attached hydrogens (primary N) is 4. The number of unbranched alkanes of at least 4 members (excludes halogenated alkanes) is 2. The predicted octanol–water partition coefficient (Wildman–Crippen LogP) is 2.79. The molecule has 5 rings (SSSR count). The largest absolute Gasteiger partial charge is 0.508 e. The molecule has 19 N–H and O–H groups in total. The minimum atomic E-state index is -1.74. The van der Waals surface area contributed by atoms with Crippen LogP contribution in [0.5, 0.6) is 11.5 Å². The Morgan fingerprint density at radius 3 is 2.00 bits per heavy atom. The summed E-state index contributed by atoms with van der Waals surface area (Å²) in [6, 6.07) is -0.0578. The number of aliphatic hydroxyl groups excluding tert-OH is 1. The Bertz CT molecular complexity index is 4130. The first kappa shape index (κ1) is 101. The van der Waals surface area contributed by atoms with Crippen LogP contribution < -0.4 is 54.8 Å². The first-order valence-electron chi connectivity index (χ1n) is 40.2. The van der Waals surface area contributed by atoms with Crippen LogP contribution in [-0.2, 0) is 96.1 Å². The van der Waals surface area contributed by atoms with Gasteiger partial charge in [0.05, 0.1) is 63.8 Å². The molecule has 2 saturated heterocycles. The molecule has 13 atom stereocenters. The summed E-state index contributed by atoms with van der Waals surface area (Å²) < 4.78 is 1.81. The van der Waals surface area contributed by atoms with Crippen LogP contribution in [0, 0.1) is 46.0 Å². The maximum Gasteiger partial charge on any atom is 0.312 e. The number of rotatable bonds is 44. The van der Waals surface area contributed by atoms with Gasteiger partial charge in [-0.05, 0) is 149 Å². The van der Waals surface area contributed by atoms with Crippen molar-refractivity contribution in [3.05, 3.63) is 69.1 Å². The van der Waals surface area contributed by atoms with Crippen LogP contribution in [0.2, 0.25) is 0 Å². The van der Waals surface area contributed by atoms with Crippen molar-refractivity contribution in [1.29, 1.82) is 0 Å². The van der Waals surface area contributed by atoms with Gasteiger partial charge < -0.3 is 85.3 Å². The summed E-state index contributed by atoms with van der Waals surface area (Å²) in [6.45, 7) is 6.01. The summed E-state index contributed by atoms with van der Waals surface area (Å²) in [5.41, 5.74) is 23.8. The number of aliphatic carboxylic acids is 2. The minimum Gasteiger partial charge on any atom is -0.508 e. The van der Waals surface area contributed by atoms with Crippen molar-refractivity contribution < 1.29 is 107 Å². The predicted molar refractivity (Wildman–Crippen MR) is 449 cm³/mol. The number of fused-ring (bicyclic) bond motifs is 1. The van der Waals surface area contributed by atoms with E-state index in [1.54, 1.807) is 13.1 Å². The van der Waals surface area contributed by atoms with Crippen molar-refractivity contribution in [3.8, 4) is 11.5 Å². The Morgan fingerprint density at radius 2 is 1.37 bits per heavy atom. The topological polar surface area (TPSA) is 614 Å². The average Bonchev–Trinajstić information content (AvgIpc) is 1.71. The summed E-state index contributed by atoms with van der Waals surface area (Å²) in [4.78, 5) is 244. The number of carboxylic acids is 2. The highest BCUT2D eigenvalue weighted by Crippen LogP contribution is 2.31. The number of primary amides is 2. The molecule has 0 radical (unpaired) electrons. The van der Waals surface area contributed by atoms with Gasteiger partial charge in [-0.15, -0.1) is 5.10 Å². The molecule has 660 valence electrons. The van der Waals surface area contributed by atoms with Gasteiger partial charge in [-0.3, -0.25) is 86.4 Å². The number of aromatic hydroxyl groups is 2. The number of phenolic OH excluding ortho intramolecular Hbond substituents is 2. The van der Waals surface area contributed by atoms with Gasteiger partial charge >= 0.3 is 18.0 Å². The lowest BCUT2D eigenvalue weighted by molar-refractivity contribution is -0.148. The number of urea groups is 1. The zero-order valence-electron chi connectivity index (χ0n) is 68.0. The molecule has 2 aromatic carbocycles. The molecule has 1 aromatic heterocycles. The number of aliphatic imine (C=N–C) groups is 1. The lowest BCUT2D eigenvalue weighted by Gasteiger charge is -2.30. The normalized spacial score (nSPS) is 20.1. The molecule has 0 unspecified atom stereocenters. The van der Waals surface area contributed by atoms with Gasteiger partial charge in [0.15, 0.2) is 40.7 Å². The fourth-order valence-electron chi connectivity index (χ4n) is 14.0. The highest BCUT2D eigenvalue weighted by atomic mass is 127. The third kappa shape index (κ3) is 35.8. The van der Waals surface area contributed by atoms with E-state index < -0.39 is 235 Å². The number of Topliss-reactive ketones (excluding diaryl/α,β-unsaturated/α-hetero) is 7. The molecule has 9 amide bonds. The van der Waals surface area contributed by atoms with Crippen molar-refractivity contribution in [1.82, 2.24) is 51.8 Å². The number of guanidine groups is 1. The fraction of sp³-hybridized carbons (Fsp3) is 0.600. The van der Waals surface area contributed by atoms with Crippen LogP contribution in [0.1, 0.15) is 185 Å². The van der Waals surface area contributed by atoms with E-state index in [9.17, 15) is 87.9 Å². The van der Waals surface area contributed by atoms with E-state index in [2.05, 4.69) is 47.2 Å². The number of amides is 9. The molecular formula is C80H114IN15O22S2. The summed E-state index contributed by atoms with van der Waals surface area (Å²) >= 11 is 1.84. The van der Waals surface area contributed by atoms with E-state index in [-0.39, 0.29) is 139 Å². The third-order valence-corrected chi connectivity index (χ3v) is 24.0. The number of aryl methyl sites for hydroxylation is 2. The van der Waals surface area contributed by atoms with Crippen LogP contribution >= 0.6 is 44.2 Å². The first-order chi connectivity index (χ1) is 56.8. The lowest BCUT2D eigenvalue weighted by Crippen LogP contribution is -2.51. The number of carbonyl (C=O) groups is 17. The number of halogens is 1. The second kappa shape index (κ2) is 51.6. The number of aromatic nitrogens is 3. The summed E-state index contributed by atoms with van der Waals surface area (Å²) in [5.74, 6) is -23.9. The van der Waals surface area contributed by atoms with Gasteiger partial charge in [-0.2, -0.15) is 0 Å². The molecule has 0 saturated carbocycles. The standard InChI is InChI=1S/C80H114IN15O22S2/c1-5-6-7-14-54(98)23-26-70(108)88-59-42-119-120-43-60(91-75(113)50(12-8-27-86-79(83)84)37-67(105)61-16-11-30-96(61)77(115)52(40-71(109)110)38-68(106)72(46(4)97)92-73(111)44(2)31-63(59)101)66(104)35-49(13-9-28-87-80(85)118)74(112)90-58(34-48-19-24-62(100)56(81)33-48)65(103)36-51(20-25-69(82)107)76(114)89-57(15-10-29-95-41-45(3)93-94-95)64(102)39-53(78(116)117)32-47-17-21-55(99)22-18-47/h17-19,21-22,24,33,41,44,46,49-53,57-61,72,97,99-100H,5-16,20,23,25-32,34-40,42-43H2,1-4H3,(H2,82,107)(H,88,108)(H,89,114)(H,90,112)(H,91,113)(H,92,111)(H,109,110)(H,116,117)(H4,83,84,86)(H3,85,87,118)/t44-,46-,49-,50-,51-,52+,53-,57+,58+,59+,60+,61+,72+/m1/s1. The van der Waals surface area contributed by atoms with Gasteiger partial charge in [0.25, 0.3) is 0 Å². The van der Waals surface area contributed by atoms with Gasteiger partial charge in [0, 0.05) is 132 Å². The molecular weight excluding hydrogens is 1710 g/mol. The molecule has 3 heterocycles. The van der Waals surface area contributed by atoms with Crippen LogP contribution in [0.3, 0.4) is 0 Å². The number of hydrogen-bond acceptors (Lipinski definition) is 25. The smallest absolute Gasteiger partial charge is 0.312 e. The van der Waals surface area contributed by atoms with E-state index in [1.165, 1.54) is 61.0 Å². The quantitative estimate of drug-likeness (QED) is 0.0127. The summed E-state index contributed by atoms with van der Waals surface area (Å²) in [7, 11) is 1.82. The lowest BCUT2D eigenvalue weighted by atomic mass is 9.88. The van der Waals surface area contributed by atoms with Gasteiger partial charge in [0.2, 0.25) is 41.4 Å². The molecule has 3 aromatic rings. The monoisotopic (exact) mass is 1830 g/mol. The summed E-state index contributed by atoms with van der Waals surface area (Å²) in [5, 5.41) is 75.7. The number of carboxylic acid groups (broad SMARTS) is 2. The van der Waals surface area contributed by atoms with E-state index in [0.717, 1.165) is 39.3 Å². The highest BCUT2D eigenvalue weighted by molar-refractivity contribution is 14.1. The van der Waals surface area contributed by atoms with Crippen molar-refractivity contribution in [2.45, 2.75) is 237 Å². The Balaban J connectivity index is 1.60. The number of phenols is 2. The SMILES string of the molecule is CCCCCC(=O)CCC(=O)N[C@H]1CSSC[C@@H](C(=O)C[C@@H](CCCNC(N)=O)C(=O)N[C@@H](Cc2ccc(O)c(I)c2)C(=O)C[C@@H](CCC(N)=O)C(=O)N[C@@H](CCCn2cc(C)nn2)C(=O)C[C@@H](Cc2ccc(O)cc2)C(=O)O)NC(=O)[C@H](CCCN=C(N)N)CC(=O)[C@@H]2CCCN2C(=O)[C@H](CC(=O)O)CC(=O)[C@H]([C@@H](C)O)NC(=O)[C@H](C)CC1=O. The van der Waals surface area contributed by atoms with Crippen LogP contribution in [-0.4, -0.2) is 225 Å². The number of benzene rings is 2. The minimum absolute atomic E-state index is 0.0278. The van der Waals surface area contributed by atoms with Gasteiger partial charge in [-0.1, -0.05) is 71.7 Å². The Morgan fingerprint density at radius 1 is 0.708 bits per heavy atom. The van der Waals surface area contributed by atoms with E-state index in [4.69, 9.17) is 22.9 Å². The highest BCUT2D eigenvalue weighted by Gasteiger charge is 2.43. The van der Waals surface area contributed by atoms with Gasteiger partial charge in [0.1, 0.15) is 23.3 Å². The number of aliphatic hydroxyl groups is 1. The van der Waals surface area contributed by atoms with Crippen molar-refractivity contribution in [2.24, 2.45) is 63.4 Å². The van der Waals surface area contributed by atoms with Crippen LogP contribution in [0.15, 0.2) is 53.7 Å². The molecule has 120 heavy (non-hydrogen) atoms. The molecule has 2 fully saturated rings. The molecule has 2 aliphatic heterocycles. The second-order valence-electron chi connectivity index (χ2n) is 30.6. The van der Waals surface area contributed by atoms with E-state index in [1.807, 2.05) is 29.5 Å². The van der Waals surface area contributed by atoms with Crippen molar-refractivity contribution in [3.63, 3.8) is 0 Å². The average molecular weight is 1830 g/mol. The van der Waals surface area contributed by atoms with Crippen LogP contribution in [0.25, 0.3) is 0 Å². The number of nitrogens with one attached hydrogen (secondary N) is 6. The molecule has 0 aliphatic carbocycles. The second-order valence-corrected chi connectivity index (χ2v) is 34.4. The molecule has 37 nitrogen and oxygen atoms in total. The molecule has 40 heteroatoms. The fourth-order valence-corrected chi connectivity index (χ4v) is 17.0. The van der Waals surface area contributed by atoms with Crippen LogP contribution in [0.4, 0.5) is 4.79 Å². The third-order valence-electron chi connectivity index (χ3n) is 20.7. The number of hydrogen-bond donors (Lipinski definition) is 15. The maximum atomic E-state index is 15.5. The zero-order chi connectivity index (χ0) is 88.9. The molecule has 0 bridgehead atoms. The first-order valence-corrected chi connectivity index (χ1v) is 43.7.